The third kappa shape index (κ3) is 2.22. The van der Waals surface area contributed by atoms with Gasteiger partial charge in [-0.15, -0.1) is 0 Å². The highest BCUT2D eigenvalue weighted by Crippen LogP contribution is 2.28. The molecule has 0 aliphatic rings. The lowest BCUT2D eigenvalue weighted by Crippen LogP contribution is -2.00. The second-order valence-corrected chi connectivity index (χ2v) is 6.15. The largest absolute Gasteiger partial charge is 0.398 e. The summed E-state index contributed by atoms with van der Waals surface area (Å²) in [6, 6.07) is 12.8. The van der Waals surface area contributed by atoms with E-state index in [9.17, 15) is 0 Å². The summed E-state index contributed by atoms with van der Waals surface area (Å²) in [6.07, 6.45) is 2.14. The van der Waals surface area contributed by atoms with Gasteiger partial charge in [0, 0.05) is 33.8 Å². The van der Waals surface area contributed by atoms with Gasteiger partial charge in [-0.3, -0.25) is 0 Å². The van der Waals surface area contributed by atoms with Crippen LogP contribution in [0, 0.1) is 13.8 Å². The predicted octanol–water partition coefficient (Wildman–Crippen LogP) is 4.65. The molecule has 3 heteroatoms. The minimum absolute atomic E-state index is 0.875. The van der Waals surface area contributed by atoms with Gasteiger partial charge < -0.3 is 10.3 Å². The van der Waals surface area contributed by atoms with Crippen LogP contribution in [0.3, 0.4) is 0 Å². The van der Waals surface area contributed by atoms with Gasteiger partial charge in [0.1, 0.15) is 0 Å². The summed E-state index contributed by atoms with van der Waals surface area (Å²) < 4.78 is 3.39. The smallest absolute Gasteiger partial charge is 0.0490 e. The van der Waals surface area contributed by atoms with Crippen LogP contribution in [0.25, 0.3) is 10.9 Å². The summed E-state index contributed by atoms with van der Waals surface area (Å²) in [4.78, 5) is 0. The molecule has 2 nitrogen and oxygen atoms in total. The Morgan fingerprint density at radius 2 is 1.80 bits per heavy atom. The quantitative estimate of drug-likeness (QED) is 0.682. The van der Waals surface area contributed by atoms with Gasteiger partial charge in [-0.25, -0.2) is 0 Å². The van der Waals surface area contributed by atoms with Gasteiger partial charge in [-0.2, -0.15) is 0 Å². The summed E-state index contributed by atoms with van der Waals surface area (Å²) in [5.41, 5.74) is 11.9. The molecule has 2 aromatic carbocycles. The van der Waals surface area contributed by atoms with E-state index in [0.717, 1.165) is 22.3 Å². The molecule has 1 aromatic heterocycles. The van der Waals surface area contributed by atoms with Crippen molar-refractivity contribution in [2.24, 2.45) is 0 Å². The number of nitrogens with two attached hydrogens (primary N) is 1. The molecule has 2 N–H and O–H groups in total. The number of aryl methyl sites for hydroxylation is 2. The normalized spacial score (nSPS) is 11.2. The van der Waals surface area contributed by atoms with Gasteiger partial charge in [0.2, 0.25) is 0 Å². The highest BCUT2D eigenvalue weighted by Gasteiger charge is 2.08. The zero-order valence-corrected chi connectivity index (χ0v) is 13.2. The lowest BCUT2D eigenvalue weighted by Gasteiger charge is -2.10. The first kappa shape index (κ1) is 13.3. The van der Waals surface area contributed by atoms with Crippen LogP contribution in [-0.4, -0.2) is 4.57 Å². The summed E-state index contributed by atoms with van der Waals surface area (Å²) in [5.74, 6) is 0. The number of rotatable bonds is 2. The summed E-state index contributed by atoms with van der Waals surface area (Å²) in [7, 11) is 0. The van der Waals surface area contributed by atoms with E-state index < -0.39 is 0 Å². The Kier molecular flexibility index (Phi) is 3.30. The molecule has 0 atom stereocenters. The molecule has 0 fully saturated rings. The van der Waals surface area contributed by atoms with Crippen molar-refractivity contribution in [3.8, 4) is 0 Å². The van der Waals surface area contributed by atoms with Gasteiger partial charge >= 0.3 is 0 Å². The molecule has 3 aromatic rings. The first-order chi connectivity index (χ1) is 9.56. The van der Waals surface area contributed by atoms with E-state index in [1.54, 1.807) is 0 Å². The Labute approximate surface area is 127 Å². The average Bonchev–Trinajstić information content (AvgIpc) is 2.82. The molecule has 3 rings (SSSR count). The number of fused-ring (bicyclic) bond motifs is 1. The van der Waals surface area contributed by atoms with Crippen LogP contribution in [0.15, 0.2) is 47.1 Å². The minimum atomic E-state index is 0.875. The number of aromatic nitrogens is 1. The first-order valence-corrected chi connectivity index (χ1v) is 7.44. The zero-order valence-electron chi connectivity index (χ0n) is 11.7. The summed E-state index contributed by atoms with van der Waals surface area (Å²) in [6.45, 7) is 5.03. The molecule has 0 spiro atoms. The van der Waals surface area contributed by atoms with Crippen molar-refractivity contribution in [2.45, 2.75) is 20.4 Å². The lowest BCUT2D eigenvalue weighted by atomic mass is 10.1. The third-order valence-electron chi connectivity index (χ3n) is 3.86. The molecule has 0 radical (unpaired) electrons. The van der Waals surface area contributed by atoms with Crippen LogP contribution in [0.5, 0.6) is 0 Å². The third-order valence-corrected chi connectivity index (χ3v) is 4.39. The van der Waals surface area contributed by atoms with E-state index >= 15 is 0 Å². The van der Waals surface area contributed by atoms with Gasteiger partial charge in [-0.1, -0.05) is 28.1 Å². The first-order valence-electron chi connectivity index (χ1n) is 6.65. The molecular formula is C17H17BrN2. The fraction of sp³-hybridized carbons (Fsp3) is 0.176. The van der Waals surface area contributed by atoms with Crippen LogP contribution in [0.2, 0.25) is 0 Å². The molecule has 0 aliphatic heterocycles. The molecule has 102 valence electrons. The standard InChI is InChI=1S/C17H17BrN2/c1-11-9-16-15(12(2)17(11)19)7-8-20(16)10-13-3-5-14(18)6-4-13/h3-9H,10,19H2,1-2H3. The number of hydrogen-bond donors (Lipinski definition) is 1. The monoisotopic (exact) mass is 328 g/mol. The minimum Gasteiger partial charge on any atom is -0.398 e. The maximum absolute atomic E-state index is 6.11. The number of benzene rings is 2. The highest BCUT2D eigenvalue weighted by molar-refractivity contribution is 9.10. The molecule has 0 aliphatic carbocycles. The highest BCUT2D eigenvalue weighted by atomic mass is 79.9. The molecular weight excluding hydrogens is 312 g/mol. The maximum Gasteiger partial charge on any atom is 0.0490 e. The average molecular weight is 329 g/mol. The van der Waals surface area contributed by atoms with Gasteiger partial charge in [0.25, 0.3) is 0 Å². The molecule has 20 heavy (non-hydrogen) atoms. The van der Waals surface area contributed by atoms with Gasteiger partial charge in [0.05, 0.1) is 0 Å². The molecule has 0 saturated carbocycles. The Morgan fingerprint density at radius 3 is 2.50 bits per heavy atom. The van der Waals surface area contributed by atoms with Crippen molar-refractivity contribution in [2.75, 3.05) is 5.73 Å². The SMILES string of the molecule is Cc1cc2c(ccn2Cc2ccc(Br)cc2)c(C)c1N. The van der Waals surface area contributed by atoms with Crippen molar-refractivity contribution < 1.29 is 0 Å². The molecule has 0 saturated heterocycles. The van der Waals surface area contributed by atoms with Crippen LogP contribution < -0.4 is 5.73 Å². The Bertz CT molecular complexity index is 770. The number of halogens is 1. The second-order valence-electron chi connectivity index (χ2n) is 5.24. The van der Waals surface area contributed by atoms with Crippen molar-refractivity contribution >= 4 is 32.5 Å². The Hall–Kier alpha value is -1.74. The van der Waals surface area contributed by atoms with E-state index in [-0.39, 0.29) is 0 Å². The summed E-state index contributed by atoms with van der Waals surface area (Å²) >= 11 is 3.47. The summed E-state index contributed by atoms with van der Waals surface area (Å²) in [5, 5.41) is 1.24. The van der Waals surface area contributed by atoms with Crippen LogP contribution in [-0.2, 0) is 6.54 Å². The van der Waals surface area contributed by atoms with Crippen molar-refractivity contribution in [3.63, 3.8) is 0 Å². The topological polar surface area (TPSA) is 30.9 Å². The van der Waals surface area contributed by atoms with Gasteiger partial charge in [-0.05, 0) is 54.8 Å². The number of nitrogen functional groups attached to an aromatic ring is 1. The zero-order chi connectivity index (χ0) is 14.3. The van der Waals surface area contributed by atoms with Crippen molar-refractivity contribution in [1.29, 1.82) is 0 Å². The molecule has 0 bridgehead atoms. The fourth-order valence-corrected chi connectivity index (χ4v) is 2.88. The fourth-order valence-electron chi connectivity index (χ4n) is 2.61. The van der Waals surface area contributed by atoms with Crippen molar-refractivity contribution in [1.82, 2.24) is 4.57 Å². The van der Waals surface area contributed by atoms with Crippen LogP contribution >= 0.6 is 15.9 Å². The van der Waals surface area contributed by atoms with Crippen molar-refractivity contribution in [3.05, 3.63) is 63.8 Å². The molecule has 1 heterocycles. The number of anilines is 1. The Morgan fingerprint density at radius 1 is 1.10 bits per heavy atom. The number of hydrogen-bond acceptors (Lipinski definition) is 1. The number of nitrogens with zero attached hydrogens (tertiary/aromatic N) is 1. The van der Waals surface area contributed by atoms with E-state index in [2.05, 4.69) is 76.9 Å². The molecule has 0 unspecified atom stereocenters. The predicted molar refractivity (Wildman–Crippen MR) is 89.1 cm³/mol. The van der Waals surface area contributed by atoms with Crippen LogP contribution in [0.1, 0.15) is 16.7 Å². The maximum atomic E-state index is 6.11. The van der Waals surface area contributed by atoms with E-state index in [1.165, 1.54) is 22.0 Å². The van der Waals surface area contributed by atoms with E-state index in [1.807, 2.05) is 0 Å². The Balaban J connectivity index is 2.06. The van der Waals surface area contributed by atoms with E-state index in [4.69, 9.17) is 5.73 Å². The second kappa shape index (κ2) is 4.98. The van der Waals surface area contributed by atoms with E-state index in [0.29, 0.717) is 0 Å². The molecule has 0 amide bonds. The van der Waals surface area contributed by atoms with Crippen LogP contribution in [0.4, 0.5) is 5.69 Å². The lowest BCUT2D eigenvalue weighted by molar-refractivity contribution is 0.836. The van der Waals surface area contributed by atoms with Gasteiger partial charge in [0.15, 0.2) is 0 Å².